The number of azo groups is 1. The van der Waals surface area contributed by atoms with Gasteiger partial charge in [-0.15, -0.1) is 5.11 Å². The van der Waals surface area contributed by atoms with E-state index in [2.05, 4.69) is 15.5 Å². The van der Waals surface area contributed by atoms with Gasteiger partial charge in [-0.3, -0.25) is 9.35 Å². The van der Waals surface area contributed by atoms with Crippen LogP contribution in [-0.4, -0.2) is 24.0 Å². The van der Waals surface area contributed by atoms with Crippen molar-refractivity contribution in [2.45, 2.75) is 11.8 Å². The molecule has 3 aromatic carbocycles. The molecule has 0 fully saturated rings. The SMILES string of the molecule is CC(=O)Nc1ccc(N=Nc2ccc3c(S(=O)(=O)O)cccc3c2O)cc1. The number of anilines is 1. The van der Waals surface area contributed by atoms with Gasteiger partial charge >= 0.3 is 0 Å². The molecule has 0 bridgehead atoms. The Labute approximate surface area is 154 Å². The van der Waals surface area contributed by atoms with Gasteiger partial charge in [0.15, 0.2) is 5.75 Å². The van der Waals surface area contributed by atoms with Crippen molar-refractivity contribution < 1.29 is 22.9 Å². The van der Waals surface area contributed by atoms with Crippen molar-refractivity contribution in [1.82, 2.24) is 0 Å². The fourth-order valence-corrected chi connectivity index (χ4v) is 3.24. The molecule has 0 aliphatic rings. The summed E-state index contributed by atoms with van der Waals surface area (Å²) >= 11 is 0. The van der Waals surface area contributed by atoms with Crippen LogP contribution in [0.1, 0.15) is 6.92 Å². The van der Waals surface area contributed by atoms with Crippen LogP contribution in [0.3, 0.4) is 0 Å². The topological polar surface area (TPSA) is 128 Å². The van der Waals surface area contributed by atoms with Gasteiger partial charge in [-0.1, -0.05) is 18.2 Å². The Morgan fingerprint density at radius 1 is 0.963 bits per heavy atom. The molecular formula is C18H15N3O5S. The van der Waals surface area contributed by atoms with E-state index in [9.17, 15) is 22.9 Å². The third-order valence-electron chi connectivity index (χ3n) is 3.71. The minimum atomic E-state index is -4.42. The number of phenols is 1. The zero-order valence-corrected chi connectivity index (χ0v) is 14.9. The Hall–Kier alpha value is -3.30. The molecule has 138 valence electrons. The standard InChI is InChI=1S/C18H15N3O5S/c1-11(22)19-12-5-7-13(8-6-12)20-21-16-10-9-14-15(18(16)23)3-2-4-17(14)27(24,25)26/h2-10,23H,1H3,(H,19,22)(H,24,25,26). The molecule has 0 aliphatic heterocycles. The van der Waals surface area contributed by atoms with Gasteiger partial charge in [0.05, 0.1) is 5.69 Å². The number of hydrogen-bond donors (Lipinski definition) is 3. The Kier molecular flexibility index (Phi) is 4.89. The van der Waals surface area contributed by atoms with Crippen molar-refractivity contribution in [2.24, 2.45) is 10.2 Å². The third kappa shape index (κ3) is 4.10. The first-order chi connectivity index (χ1) is 12.8. The Balaban J connectivity index is 1.95. The maximum absolute atomic E-state index is 11.5. The molecule has 0 heterocycles. The number of carbonyl (C=O) groups is 1. The summed E-state index contributed by atoms with van der Waals surface area (Å²) in [5, 5.41) is 21.4. The quantitative estimate of drug-likeness (QED) is 0.459. The van der Waals surface area contributed by atoms with E-state index < -0.39 is 10.1 Å². The number of amides is 1. The number of aromatic hydroxyl groups is 1. The van der Waals surface area contributed by atoms with Gasteiger partial charge in [-0.2, -0.15) is 13.5 Å². The van der Waals surface area contributed by atoms with E-state index in [1.54, 1.807) is 24.3 Å². The van der Waals surface area contributed by atoms with Crippen LogP contribution >= 0.6 is 0 Å². The van der Waals surface area contributed by atoms with Gasteiger partial charge in [0.25, 0.3) is 10.1 Å². The zero-order chi connectivity index (χ0) is 19.6. The van der Waals surface area contributed by atoms with Crippen LogP contribution in [0.15, 0.2) is 69.7 Å². The Morgan fingerprint density at radius 2 is 1.67 bits per heavy atom. The second-order valence-corrected chi connectivity index (χ2v) is 7.08. The average molecular weight is 385 g/mol. The first-order valence-corrected chi connectivity index (χ1v) is 9.21. The fourth-order valence-electron chi connectivity index (χ4n) is 2.53. The molecule has 1 amide bonds. The van der Waals surface area contributed by atoms with Crippen LogP contribution in [0.25, 0.3) is 10.8 Å². The van der Waals surface area contributed by atoms with E-state index >= 15 is 0 Å². The predicted molar refractivity (Wildman–Crippen MR) is 100 cm³/mol. The molecule has 3 aromatic rings. The minimum absolute atomic E-state index is 0.140. The molecule has 0 aliphatic carbocycles. The number of fused-ring (bicyclic) bond motifs is 1. The van der Waals surface area contributed by atoms with E-state index in [1.807, 2.05) is 0 Å². The molecule has 9 heteroatoms. The minimum Gasteiger partial charge on any atom is -0.505 e. The van der Waals surface area contributed by atoms with Crippen molar-refractivity contribution in [3.63, 3.8) is 0 Å². The molecular weight excluding hydrogens is 370 g/mol. The number of carbonyl (C=O) groups excluding carboxylic acids is 1. The second-order valence-electron chi connectivity index (χ2n) is 5.69. The summed E-state index contributed by atoms with van der Waals surface area (Å²) in [6, 6.07) is 13.6. The van der Waals surface area contributed by atoms with Crippen LogP contribution in [0.5, 0.6) is 5.75 Å². The van der Waals surface area contributed by atoms with Crippen LogP contribution in [0.2, 0.25) is 0 Å². The first-order valence-electron chi connectivity index (χ1n) is 7.77. The van der Waals surface area contributed by atoms with Crippen molar-refractivity contribution in [3.8, 4) is 5.75 Å². The number of benzene rings is 3. The first kappa shape index (κ1) is 18.5. The molecule has 0 radical (unpaired) electrons. The number of rotatable bonds is 4. The largest absolute Gasteiger partial charge is 0.505 e. The van der Waals surface area contributed by atoms with Crippen molar-refractivity contribution in [3.05, 3.63) is 54.6 Å². The Morgan fingerprint density at radius 3 is 2.30 bits per heavy atom. The van der Waals surface area contributed by atoms with Gasteiger partial charge in [0.2, 0.25) is 5.91 Å². The lowest BCUT2D eigenvalue weighted by Gasteiger charge is -2.07. The summed E-state index contributed by atoms with van der Waals surface area (Å²) in [7, 11) is -4.42. The molecule has 0 atom stereocenters. The van der Waals surface area contributed by atoms with Crippen LogP contribution in [-0.2, 0) is 14.9 Å². The van der Waals surface area contributed by atoms with Crippen LogP contribution < -0.4 is 5.32 Å². The molecule has 0 spiro atoms. The maximum Gasteiger partial charge on any atom is 0.295 e. The molecule has 0 unspecified atom stereocenters. The van der Waals surface area contributed by atoms with Crippen LogP contribution in [0.4, 0.5) is 17.1 Å². The van der Waals surface area contributed by atoms with Gasteiger partial charge in [-0.05, 0) is 36.4 Å². The summed E-state index contributed by atoms with van der Waals surface area (Å²) < 4.78 is 32.2. The van der Waals surface area contributed by atoms with Gasteiger partial charge < -0.3 is 10.4 Å². The highest BCUT2D eigenvalue weighted by Crippen LogP contribution is 2.37. The monoisotopic (exact) mass is 385 g/mol. The summed E-state index contributed by atoms with van der Waals surface area (Å²) in [6.45, 7) is 1.41. The van der Waals surface area contributed by atoms with E-state index in [1.165, 1.54) is 37.3 Å². The van der Waals surface area contributed by atoms with E-state index in [0.717, 1.165) is 0 Å². The zero-order valence-electron chi connectivity index (χ0n) is 14.1. The second kappa shape index (κ2) is 7.14. The summed E-state index contributed by atoms with van der Waals surface area (Å²) in [4.78, 5) is 10.7. The summed E-state index contributed by atoms with van der Waals surface area (Å²) in [6.07, 6.45) is 0. The number of hydrogen-bond acceptors (Lipinski definition) is 6. The molecule has 0 saturated carbocycles. The molecule has 3 N–H and O–H groups in total. The third-order valence-corrected chi connectivity index (χ3v) is 4.62. The van der Waals surface area contributed by atoms with Crippen molar-refractivity contribution >= 4 is 43.9 Å². The predicted octanol–water partition coefficient (Wildman–Crippen LogP) is 4.17. The lowest BCUT2D eigenvalue weighted by molar-refractivity contribution is -0.114. The smallest absolute Gasteiger partial charge is 0.295 e. The average Bonchev–Trinajstić information content (AvgIpc) is 2.61. The van der Waals surface area contributed by atoms with E-state index in [0.29, 0.717) is 11.4 Å². The fraction of sp³-hybridized carbons (Fsp3) is 0.0556. The van der Waals surface area contributed by atoms with Gasteiger partial charge in [0.1, 0.15) is 10.6 Å². The number of nitrogens with zero attached hydrogens (tertiary/aromatic N) is 2. The van der Waals surface area contributed by atoms with Crippen LogP contribution in [0, 0.1) is 0 Å². The molecule has 3 rings (SSSR count). The molecule has 0 aromatic heterocycles. The highest BCUT2D eigenvalue weighted by molar-refractivity contribution is 7.86. The highest BCUT2D eigenvalue weighted by atomic mass is 32.2. The molecule has 0 saturated heterocycles. The van der Waals surface area contributed by atoms with Crippen molar-refractivity contribution in [2.75, 3.05) is 5.32 Å². The maximum atomic E-state index is 11.5. The van der Waals surface area contributed by atoms with E-state index in [4.69, 9.17) is 0 Å². The summed E-state index contributed by atoms with van der Waals surface area (Å²) in [5.41, 5.74) is 1.25. The van der Waals surface area contributed by atoms with Crippen molar-refractivity contribution in [1.29, 1.82) is 0 Å². The Bertz CT molecular complexity index is 1160. The van der Waals surface area contributed by atoms with E-state index in [-0.39, 0.29) is 33.0 Å². The van der Waals surface area contributed by atoms with Gasteiger partial charge in [-0.25, -0.2) is 0 Å². The highest BCUT2D eigenvalue weighted by Gasteiger charge is 2.16. The number of phenolic OH excluding ortho intramolecular Hbond substituents is 1. The molecule has 27 heavy (non-hydrogen) atoms. The normalized spacial score (nSPS) is 11.8. The van der Waals surface area contributed by atoms with Gasteiger partial charge in [0, 0.05) is 23.4 Å². The summed E-state index contributed by atoms with van der Waals surface area (Å²) in [5.74, 6) is -0.439. The number of nitrogens with one attached hydrogen (secondary N) is 1. The molecule has 8 nitrogen and oxygen atoms in total. The lowest BCUT2D eigenvalue weighted by Crippen LogP contribution is -2.04. The lowest BCUT2D eigenvalue weighted by atomic mass is 10.1.